The molecular weight excluding hydrogens is 663 g/mol. The number of ether oxygens (including phenoxy) is 4. The highest BCUT2D eigenvalue weighted by Crippen LogP contribution is 2.35. The molecule has 2 aliphatic rings. The molecule has 258 valence electrons. The molecule has 2 saturated heterocycles. The maximum absolute atomic E-state index is 13.4. The van der Waals surface area contributed by atoms with E-state index in [1.165, 1.54) is 12.1 Å². The molecule has 2 fully saturated rings. The molecular formula is C35H35ClF3N5O5. The number of pyridine rings is 2. The zero-order valence-electron chi connectivity index (χ0n) is 27.0. The third kappa shape index (κ3) is 8.35. The van der Waals surface area contributed by atoms with Gasteiger partial charge in [0, 0.05) is 67.3 Å². The fraction of sp³-hybridized carbons (Fsp3) is 0.343. The van der Waals surface area contributed by atoms with E-state index < -0.39 is 17.6 Å². The number of nitrogens with one attached hydrogen (secondary N) is 1. The molecule has 49 heavy (non-hydrogen) atoms. The number of alkyl halides is 3. The summed E-state index contributed by atoms with van der Waals surface area (Å²) in [5.74, 6) is 1.76. The number of morpholine rings is 2. The lowest BCUT2D eigenvalue weighted by Gasteiger charge is -2.28. The zero-order chi connectivity index (χ0) is 34.5. The number of nitrogens with zero attached hydrogens (tertiary/aromatic N) is 4. The summed E-state index contributed by atoms with van der Waals surface area (Å²) in [7, 11) is 1.57. The van der Waals surface area contributed by atoms with Crippen molar-refractivity contribution in [2.24, 2.45) is 0 Å². The largest absolute Gasteiger partial charge is 0.497 e. The van der Waals surface area contributed by atoms with Crippen LogP contribution in [0.3, 0.4) is 0 Å². The molecule has 10 nitrogen and oxygen atoms in total. The molecule has 0 aliphatic carbocycles. The maximum atomic E-state index is 13.4. The number of halogens is 4. The van der Waals surface area contributed by atoms with Crippen LogP contribution >= 0.6 is 11.6 Å². The van der Waals surface area contributed by atoms with E-state index >= 15 is 0 Å². The number of hydrogen-bond acceptors (Lipinski definition) is 9. The van der Waals surface area contributed by atoms with Crippen LogP contribution in [-0.2, 0) is 22.3 Å². The van der Waals surface area contributed by atoms with E-state index in [2.05, 4.69) is 20.1 Å². The van der Waals surface area contributed by atoms with E-state index in [-0.39, 0.29) is 17.3 Å². The molecule has 0 unspecified atom stereocenters. The van der Waals surface area contributed by atoms with Gasteiger partial charge in [-0.25, -0.2) is 9.97 Å². The molecule has 0 bridgehead atoms. The second-order valence-corrected chi connectivity index (χ2v) is 11.9. The average Bonchev–Trinajstić information content (AvgIpc) is 3.11. The molecule has 1 amide bonds. The van der Waals surface area contributed by atoms with Crippen LogP contribution in [0.1, 0.15) is 27.0 Å². The van der Waals surface area contributed by atoms with Gasteiger partial charge in [-0.15, -0.1) is 0 Å². The summed E-state index contributed by atoms with van der Waals surface area (Å²) in [6, 6.07) is 14.9. The Kier molecular flexibility index (Phi) is 10.4. The van der Waals surface area contributed by atoms with Gasteiger partial charge >= 0.3 is 6.18 Å². The Labute approximate surface area is 286 Å². The first-order valence-electron chi connectivity index (χ1n) is 15.7. The van der Waals surface area contributed by atoms with Crippen molar-refractivity contribution >= 4 is 34.8 Å². The van der Waals surface area contributed by atoms with Crippen molar-refractivity contribution in [3.63, 3.8) is 0 Å². The van der Waals surface area contributed by atoms with E-state index in [0.29, 0.717) is 98.2 Å². The number of amides is 1. The van der Waals surface area contributed by atoms with E-state index in [9.17, 15) is 18.0 Å². The second-order valence-electron chi connectivity index (χ2n) is 11.6. The van der Waals surface area contributed by atoms with Crippen molar-refractivity contribution < 1.29 is 36.9 Å². The van der Waals surface area contributed by atoms with E-state index in [1.54, 1.807) is 31.4 Å². The highest BCUT2D eigenvalue weighted by Gasteiger charge is 2.31. The van der Waals surface area contributed by atoms with Crippen LogP contribution in [0.15, 0.2) is 60.7 Å². The molecule has 0 saturated carbocycles. The summed E-state index contributed by atoms with van der Waals surface area (Å²) in [5, 5.41) is 3.06. The maximum Gasteiger partial charge on any atom is 0.416 e. The topological polar surface area (TPSA) is 98.3 Å². The Balaban J connectivity index is 1.36. The molecule has 14 heteroatoms. The van der Waals surface area contributed by atoms with Crippen LogP contribution < -0.4 is 24.6 Å². The fourth-order valence-corrected chi connectivity index (χ4v) is 5.86. The second kappa shape index (κ2) is 14.9. The van der Waals surface area contributed by atoms with E-state index in [0.717, 1.165) is 17.7 Å². The third-order valence-electron chi connectivity index (χ3n) is 8.34. The first-order valence-corrected chi connectivity index (χ1v) is 16.1. The number of carbonyl (C=O) groups is 1. The van der Waals surface area contributed by atoms with Crippen LogP contribution in [0.2, 0.25) is 5.15 Å². The van der Waals surface area contributed by atoms with Crippen LogP contribution in [0.4, 0.5) is 30.5 Å². The van der Waals surface area contributed by atoms with Gasteiger partial charge in [-0.2, -0.15) is 13.2 Å². The Morgan fingerprint density at radius 1 is 0.898 bits per heavy atom. The quantitative estimate of drug-likeness (QED) is 0.193. The minimum absolute atomic E-state index is 0.0787. The lowest BCUT2D eigenvalue weighted by atomic mass is 9.98. The van der Waals surface area contributed by atoms with Crippen LogP contribution in [-0.4, -0.2) is 75.6 Å². The Bertz CT molecular complexity index is 1810. The molecule has 0 spiro atoms. The van der Waals surface area contributed by atoms with Crippen molar-refractivity contribution in [1.82, 2.24) is 9.97 Å². The number of aromatic nitrogens is 2. The van der Waals surface area contributed by atoms with Crippen LogP contribution in [0.5, 0.6) is 11.5 Å². The summed E-state index contributed by atoms with van der Waals surface area (Å²) < 4.78 is 63.1. The van der Waals surface area contributed by atoms with Crippen molar-refractivity contribution in [2.75, 3.05) is 74.8 Å². The summed E-state index contributed by atoms with van der Waals surface area (Å²) >= 11 is 6.38. The number of anilines is 3. The minimum atomic E-state index is -4.59. The van der Waals surface area contributed by atoms with Crippen molar-refractivity contribution in [3.8, 4) is 22.8 Å². The summed E-state index contributed by atoms with van der Waals surface area (Å²) in [4.78, 5) is 26.9. The zero-order valence-corrected chi connectivity index (χ0v) is 27.7. The molecule has 6 rings (SSSR count). The molecule has 4 heterocycles. The lowest BCUT2D eigenvalue weighted by molar-refractivity contribution is -0.137. The van der Waals surface area contributed by atoms with Crippen LogP contribution in [0.25, 0.3) is 11.3 Å². The number of carbonyl (C=O) groups excluding carboxylic acids is 1. The van der Waals surface area contributed by atoms with Gasteiger partial charge in [-0.05, 0) is 48.4 Å². The predicted molar refractivity (Wildman–Crippen MR) is 180 cm³/mol. The summed E-state index contributed by atoms with van der Waals surface area (Å²) in [6.45, 7) is 6.95. The van der Waals surface area contributed by atoms with E-state index in [4.69, 9.17) is 35.5 Å². The fourth-order valence-electron chi connectivity index (χ4n) is 5.66. The molecule has 0 atom stereocenters. The van der Waals surface area contributed by atoms with Gasteiger partial charge in [-0.1, -0.05) is 17.7 Å². The normalized spacial score (nSPS) is 15.2. The highest BCUT2D eigenvalue weighted by atomic mass is 35.5. The third-order valence-corrected chi connectivity index (χ3v) is 8.53. The van der Waals surface area contributed by atoms with Gasteiger partial charge in [0.05, 0.1) is 44.8 Å². The van der Waals surface area contributed by atoms with Gasteiger partial charge in [0.15, 0.2) is 0 Å². The molecule has 2 aliphatic heterocycles. The van der Waals surface area contributed by atoms with Gasteiger partial charge in [0.25, 0.3) is 5.91 Å². The van der Waals surface area contributed by atoms with Gasteiger partial charge in [-0.3, -0.25) is 4.79 Å². The molecule has 4 aromatic rings. The Morgan fingerprint density at radius 2 is 1.55 bits per heavy atom. The Morgan fingerprint density at radius 3 is 2.20 bits per heavy atom. The lowest BCUT2D eigenvalue weighted by Crippen LogP contribution is -2.36. The van der Waals surface area contributed by atoms with Gasteiger partial charge < -0.3 is 34.1 Å². The SMILES string of the molecule is COc1cc(-c2cc(NC(=O)c3cccc(C(F)(F)F)c3)cc(COc3cc(Cl)nc(N4CCOCC4)c3)c2C)nc(N2CCOCC2)c1. The molecule has 2 aromatic heterocycles. The monoisotopic (exact) mass is 697 g/mol. The van der Waals surface area contributed by atoms with Crippen LogP contribution in [0, 0.1) is 6.92 Å². The van der Waals surface area contributed by atoms with E-state index in [1.807, 2.05) is 19.1 Å². The number of hydrogen-bond donors (Lipinski definition) is 1. The number of methoxy groups -OCH3 is 1. The first kappa shape index (κ1) is 34.3. The predicted octanol–water partition coefficient (Wildman–Crippen LogP) is 6.64. The summed E-state index contributed by atoms with van der Waals surface area (Å²) in [5.41, 5.74) is 2.08. The average molecular weight is 698 g/mol. The van der Waals surface area contributed by atoms with Crippen molar-refractivity contribution in [1.29, 1.82) is 0 Å². The number of benzene rings is 2. The van der Waals surface area contributed by atoms with Crippen molar-refractivity contribution in [2.45, 2.75) is 19.7 Å². The number of rotatable bonds is 9. The van der Waals surface area contributed by atoms with Gasteiger partial charge in [0.1, 0.15) is 34.9 Å². The molecule has 2 aromatic carbocycles. The Hall–Kier alpha value is -4.59. The first-order chi connectivity index (χ1) is 23.6. The smallest absolute Gasteiger partial charge is 0.416 e. The standard InChI is InChI=1S/C35H35ClF3N5O5/c1-22-24(21-49-28-18-31(36)42-33(20-28)44-8-12-48-13-9-44)15-26(40-34(45)23-4-3-5-25(14-23)35(37,38)39)16-29(22)30-17-27(46-2)19-32(41-30)43-6-10-47-11-7-43/h3-5,14-20H,6-13,21H2,1-2H3,(H,40,45). The molecule has 0 radical (unpaired) electrons. The highest BCUT2D eigenvalue weighted by molar-refractivity contribution is 6.29. The van der Waals surface area contributed by atoms with Gasteiger partial charge in [0.2, 0.25) is 0 Å². The minimum Gasteiger partial charge on any atom is -0.497 e. The molecule has 1 N–H and O–H groups in total. The summed E-state index contributed by atoms with van der Waals surface area (Å²) in [6.07, 6.45) is -4.59. The van der Waals surface area contributed by atoms with Crippen molar-refractivity contribution in [3.05, 3.63) is 88.1 Å².